The number of ketones is 2. The van der Waals surface area contributed by atoms with Crippen molar-refractivity contribution < 1.29 is 29.0 Å². The minimum absolute atomic E-state index is 0.0573. The Morgan fingerprint density at radius 1 is 1.21 bits per heavy atom. The second-order valence-electron chi connectivity index (χ2n) is 8.77. The Kier molecular flexibility index (Phi) is 7.76. The predicted octanol–water partition coefficient (Wildman–Crippen LogP) is 3.98. The molecule has 1 N–H and O–H groups in total. The number of carbonyl (C=O) groups is 4. The van der Waals surface area contributed by atoms with Gasteiger partial charge in [-0.1, -0.05) is 30.3 Å². The average Bonchev–Trinajstić information content (AvgIpc) is 2.79. The molecule has 174 valence electrons. The van der Waals surface area contributed by atoms with Crippen molar-refractivity contribution in [2.75, 3.05) is 6.54 Å². The molecule has 1 aliphatic rings. The zero-order valence-electron chi connectivity index (χ0n) is 19.0. The van der Waals surface area contributed by atoms with Crippen molar-refractivity contribution in [2.24, 2.45) is 5.92 Å². The van der Waals surface area contributed by atoms with E-state index in [-0.39, 0.29) is 54.1 Å². The number of amides is 2. The van der Waals surface area contributed by atoms with Gasteiger partial charge in [-0.15, -0.1) is 0 Å². The monoisotopic (exact) mass is 452 g/mol. The van der Waals surface area contributed by atoms with Crippen molar-refractivity contribution >= 4 is 30.1 Å². The van der Waals surface area contributed by atoms with E-state index in [2.05, 4.69) is 12.1 Å². The minimum atomic E-state index is -0.753. The molecule has 7 nitrogen and oxygen atoms in total. The Morgan fingerprint density at radius 2 is 1.91 bits per heavy atom. The molecule has 0 saturated carbocycles. The maximum absolute atomic E-state index is 13.0. The van der Waals surface area contributed by atoms with Gasteiger partial charge in [0, 0.05) is 18.6 Å². The van der Waals surface area contributed by atoms with Gasteiger partial charge >= 0.3 is 12.8 Å². The highest BCUT2D eigenvalue weighted by Crippen LogP contribution is 2.43. The minimum Gasteiger partial charge on any atom is -0.507 e. The number of hydrogen-bond donors (Lipinski definition) is 1. The summed E-state index contributed by atoms with van der Waals surface area (Å²) in [6, 6.07) is 13.0. The molecular formula is C26H30NO6+. The normalized spacial score (nSPS) is 17.6. The quantitative estimate of drug-likeness (QED) is 0.409. The Labute approximate surface area is 193 Å². The lowest BCUT2D eigenvalue weighted by Gasteiger charge is -2.34. The number of nitrogens with zero attached hydrogens (tertiary/aromatic N) is 1. The molecule has 1 heterocycles. The standard InChI is InChI=1S/C26H29NO6/c1-18(30)11-12-21-15-27(16-28,17-29)23-13-22(14-24(31)25(23)26(21)32)33-19(2)7-6-10-20-8-4-3-5-9-20/h3-5,8-9,13-14,16-17,19,21H,6-7,10-12,15H2,1-2H3/p+1. The fraction of sp³-hybridized carbons (Fsp3) is 0.385. The van der Waals surface area contributed by atoms with E-state index in [0.717, 1.165) is 19.3 Å². The maximum atomic E-state index is 13.0. The van der Waals surface area contributed by atoms with E-state index in [0.29, 0.717) is 18.6 Å². The van der Waals surface area contributed by atoms with E-state index in [9.17, 15) is 24.3 Å². The van der Waals surface area contributed by atoms with Crippen LogP contribution in [0.25, 0.3) is 0 Å². The van der Waals surface area contributed by atoms with Gasteiger partial charge in [-0.25, -0.2) is 9.59 Å². The van der Waals surface area contributed by atoms with Crippen LogP contribution in [0.1, 0.15) is 55.5 Å². The lowest BCUT2D eigenvalue weighted by molar-refractivity contribution is -0.129. The van der Waals surface area contributed by atoms with E-state index in [4.69, 9.17) is 4.74 Å². The summed E-state index contributed by atoms with van der Waals surface area (Å²) in [5, 5.41) is 10.7. The van der Waals surface area contributed by atoms with Gasteiger partial charge in [-0.3, -0.25) is 4.79 Å². The van der Waals surface area contributed by atoms with Crippen molar-refractivity contribution in [3.8, 4) is 11.5 Å². The third-order valence-electron chi connectivity index (χ3n) is 6.14. The molecule has 0 radical (unpaired) electrons. The third kappa shape index (κ3) is 5.54. The van der Waals surface area contributed by atoms with Crippen molar-refractivity contribution in [3.63, 3.8) is 0 Å². The molecule has 0 bridgehead atoms. The second kappa shape index (κ2) is 10.5. The third-order valence-corrected chi connectivity index (χ3v) is 6.14. The van der Waals surface area contributed by atoms with Gasteiger partial charge in [-0.05, 0) is 45.1 Å². The van der Waals surface area contributed by atoms with Crippen molar-refractivity contribution in [2.45, 2.75) is 52.1 Å². The van der Waals surface area contributed by atoms with Crippen LogP contribution in [0, 0.1) is 5.92 Å². The van der Waals surface area contributed by atoms with Gasteiger partial charge in [0.2, 0.25) is 0 Å². The molecule has 2 amide bonds. The summed E-state index contributed by atoms with van der Waals surface area (Å²) in [4.78, 5) is 48.5. The number of phenolic OH excluding ortho intramolecular Hbond substituents is 1. The molecule has 0 spiro atoms. The van der Waals surface area contributed by atoms with Gasteiger partial charge in [0.15, 0.2) is 11.5 Å². The number of ether oxygens (including phenoxy) is 1. The molecule has 2 aromatic rings. The number of benzene rings is 2. The number of rotatable bonds is 11. The molecule has 0 aliphatic carbocycles. The number of Topliss-reactive ketones (excluding diaryl/α,β-unsaturated/α-hetero) is 2. The van der Waals surface area contributed by atoms with Gasteiger partial charge in [0.05, 0.1) is 12.0 Å². The van der Waals surface area contributed by atoms with Crippen LogP contribution in [0.15, 0.2) is 42.5 Å². The molecular weight excluding hydrogens is 422 g/mol. The highest BCUT2D eigenvalue weighted by atomic mass is 16.5. The van der Waals surface area contributed by atoms with E-state index >= 15 is 0 Å². The van der Waals surface area contributed by atoms with Crippen LogP contribution in [-0.4, -0.2) is 42.1 Å². The summed E-state index contributed by atoms with van der Waals surface area (Å²) < 4.78 is 5.21. The van der Waals surface area contributed by atoms with Crippen LogP contribution in [0.3, 0.4) is 0 Å². The van der Waals surface area contributed by atoms with E-state index in [1.54, 1.807) is 0 Å². The van der Waals surface area contributed by atoms with Gasteiger partial charge in [0.1, 0.15) is 29.4 Å². The zero-order chi connectivity index (χ0) is 24.0. The lowest BCUT2D eigenvalue weighted by Crippen LogP contribution is -2.55. The van der Waals surface area contributed by atoms with E-state index in [1.807, 2.05) is 25.1 Å². The summed E-state index contributed by atoms with van der Waals surface area (Å²) >= 11 is 0. The highest BCUT2D eigenvalue weighted by molar-refractivity contribution is 6.11. The first kappa shape index (κ1) is 24.3. The van der Waals surface area contributed by atoms with Crippen LogP contribution in [0.2, 0.25) is 0 Å². The fourth-order valence-electron chi connectivity index (χ4n) is 4.34. The SMILES string of the molecule is CC(=O)CCC1C[N+](C=O)(C=O)c2cc(OC(C)CCCc3ccccc3)cc(O)c2C1=O. The maximum Gasteiger partial charge on any atom is 0.313 e. The highest BCUT2D eigenvalue weighted by Gasteiger charge is 2.47. The summed E-state index contributed by atoms with van der Waals surface area (Å²) in [7, 11) is 0. The van der Waals surface area contributed by atoms with Crippen LogP contribution < -0.4 is 9.22 Å². The number of aromatic hydroxyl groups is 1. The second-order valence-corrected chi connectivity index (χ2v) is 8.77. The first-order valence-electron chi connectivity index (χ1n) is 11.2. The molecule has 2 unspecified atom stereocenters. The number of quaternary nitrogens is 1. The molecule has 2 aromatic carbocycles. The number of phenols is 1. The Hall–Kier alpha value is -3.32. The average molecular weight is 453 g/mol. The van der Waals surface area contributed by atoms with Crippen LogP contribution in [0.5, 0.6) is 11.5 Å². The van der Waals surface area contributed by atoms with Crippen molar-refractivity contribution in [1.82, 2.24) is 4.48 Å². The summed E-state index contributed by atoms with van der Waals surface area (Å²) in [6.45, 7) is 3.25. The van der Waals surface area contributed by atoms with E-state index < -0.39 is 10.4 Å². The molecule has 33 heavy (non-hydrogen) atoms. The summed E-state index contributed by atoms with van der Waals surface area (Å²) in [5.41, 5.74) is 1.29. The molecule has 1 aliphatic heterocycles. The van der Waals surface area contributed by atoms with Crippen LogP contribution in [0.4, 0.5) is 5.69 Å². The smallest absolute Gasteiger partial charge is 0.313 e. The number of carbonyl (C=O) groups excluding carboxylic acids is 4. The topological polar surface area (TPSA) is 97.7 Å². The van der Waals surface area contributed by atoms with E-state index in [1.165, 1.54) is 24.6 Å². The fourth-order valence-corrected chi connectivity index (χ4v) is 4.34. The molecule has 7 heteroatoms. The number of imide groups is 1. The van der Waals surface area contributed by atoms with Gasteiger partial charge < -0.3 is 14.6 Å². The van der Waals surface area contributed by atoms with Crippen LogP contribution in [-0.2, 0) is 20.8 Å². The number of aryl methyl sites for hydroxylation is 1. The molecule has 3 rings (SSSR count). The van der Waals surface area contributed by atoms with Crippen molar-refractivity contribution in [3.05, 3.63) is 53.6 Å². The Bertz CT molecular complexity index is 1020. The zero-order valence-corrected chi connectivity index (χ0v) is 19.0. The number of hydrogen-bond acceptors (Lipinski definition) is 6. The summed E-state index contributed by atoms with van der Waals surface area (Å²) in [5.74, 6) is -1.21. The molecule has 0 aromatic heterocycles. The molecule has 0 fully saturated rings. The van der Waals surface area contributed by atoms with Crippen molar-refractivity contribution in [1.29, 1.82) is 0 Å². The Balaban J connectivity index is 1.79. The van der Waals surface area contributed by atoms with Crippen LogP contribution >= 0.6 is 0 Å². The largest absolute Gasteiger partial charge is 0.507 e. The first-order valence-corrected chi connectivity index (χ1v) is 11.2. The molecule has 0 saturated heterocycles. The first-order chi connectivity index (χ1) is 15.8. The summed E-state index contributed by atoms with van der Waals surface area (Å²) in [6.07, 6.45) is 3.70. The number of fused-ring (bicyclic) bond motifs is 1. The predicted molar refractivity (Wildman–Crippen MR) is 124 cm³/mol. The van der Waals surface area contributed by atoms with Gasteiger partial charge in [0.25, 0.3) is 0 Å². The van der Waals surface area contributed by atoms with Gasteiger partial charge in [-0.2, -0.15) is 4.48 Å². The Morgan fingerprint density at radius 3 is 2.55 bits per heavy atom. The lowest BCUT2D eigenvalue weighted by atomic mass is 9.85. The molecule has 2 atom stereocenters.